The second-order valence-electron chi connectivity index (χ2n) is 4.55. The molecule has 0 saturated carbocycles. The van der Waals surface area contributed by atoms with E-state index in [-0.39, 0.29) is 23.1 Å². The Bertz CT molecular complexity index is 335. The lowest BCUT2D eigenvalue weighted by molar-refractivity contribution is -0.122. The molecule has 1 aromatic rings. The fourth-order valence-electron chi connectivity index (χ4n) is 1.62. The first kappa shape index (κ1) is 14.6. The van der Waals surface area contributed by atoms with Crippen molar-refractivity contribution >= 4 is 29.9 Å². The third kappa shape index (κ3) is 4.36. The van der Waals surface area contributed by atoms with Gasteiger partial charge in [0.25, 0.3) is 0 Å². The van der Waals surface area contributed by atoms with Crippen LogP contribution in [0.1, 0.15) is 44.5 Å². The van der Waals surface area contributed by atoms with Crippen molar-refractivity contribution in [3.8, 4) is 0 Å². The molecule has 17 heavy (non-hydrogen) atoms. The lowest BCUT2D eigenvalue weighted by Crippen LogP contribution is -2.36. The van der Waals surface area contributed by atoms with Crippen molar-refractivity contribution in [3.63, 3.8) is 0 Å². The van der Waals surface area contributed by atoms with Gasteiger partial charge in [-0.15, -0.1) is 11.3 Å². The van der Waals surface area contributed by atoms with Crippen molar-refractivity contribution in [1.29, 1.82) is 0 Å². The van der Waals surface area contributed by atoms with Gasteiger partial charge in [0.05, 0.1) is 11.3 Å². The number of rotatable bonds is 6. The van der Waals surface area contributed by atoms with Crippen LogP contribution in [0.5, 0.6) is 0 Å². The number of amides is 1. The zero-order valence-electron chi connectivity index (χ0n) is 10.6. The van der Waals surface area contributed by atoms with Crippen molar-refractivity contribution in [1.82, 2.24) is 5.32 Å². The standard InChI is InChI=1S/C13H21NOS2/c1-4-6-10(11-7-5-8-17-11)14-13(15)12(16)9(2)3/h5,7-10,12,16H,4,6H2,1-3H3,(H,14,15). The molecule has 0 bridgehead atoms. The molecule has 0 aliphatic rings. The molecule has 2 nitrogen and oxygen atoms in total. The van der Waals surface area contributed by atoms with Gasteiger partial charge in [-0.1, -0.05) is 33.3 Å². The Labute approximate surface area is 113 Å². The zero-order chi connectivity index (χ0) is 12.8. The summed E-state index contributed by atoms with van der Waals surface area (Å²) in [6.45, 7) is 6.15. The van der Waals surface area contributed by atoms with Crippen LogP contribution in [0.4, 0.5) is 0 Å². The Morgan fingerprint density at radius 3 is 2.71 bits per heavy atom. The molecule has 0 saturated heterocycles. The Morgan fingerprint density at radius 1 is 1.53 bits per heavy atom. The van der Waals surface area contributed by atoms with Gasteiger partial charge in [0.15, 0.2) is 0 Å². The van der Waals surface area contributed by atoms with Gasteiger partial charge in [-0.3, -0.25) is 4.79 Å². The molecule has 2 atom stereocenters. The fourth-order valence-corrected chi connectivity index (χ4v) is 2.51. The van der Waals surface area contributed by atoms with E-state index in [1.54, 1.807) is 11.3 Å². The maximum atomic E-state index is 12.0. The average molecular weight is 271 g/mol. The van der Waals surface area contributed by atoms with Crippen molar-refractivity contribution in [2.75, 3.05) is 0 Å². The number of carbonyl (C=O) groups is 1. The summed E-state index contributed by atoms with van der Waals surface area (Å²) in [4.78, 5) is 13.2. The predicted octanol–water partition coefficient (Wildman–Crippen LogP) is 3.66. The first-order valence-electron chi connectivity index (χ1n) is 6.08. The Balaban J connectivity index is 2.65. The lowest BCUT2D eigenvalue weighted by atomic mass is 10.1. The number of thiol groups is 1. The maximum absolute atomic E-state index is 12.0. The number of thiophene rings is 1. The molecule has 0 aliphatic heterocycles. The molecule has 4 heteroatoms. The average Bonchev–Trinajstić information content (AvgIpc) is 2.80. The lowest BCUT2D eigenvalue weighted by Gasteiger charge is -2.21. The minimum atomic E-state index is -0.227. The summed E-state index contributed by atoms with van der Waals surface area (Å²) in [5.74, 6) is 0.291. The Morgan fingerprint density at radius 2 is 2.24 bits per heavy atom. The summed E-state index contributed by atoms with van der Waals surface area (Å²) in [6, 6.07) is 4.24. The summed E-state index contributed by atoms with van der Waals surface area (Å²) in [5, 5.41) is 4.92. The van der Waals surface area contributed by atoms with Gasteiger partial charge in [0.2, 0.25) is 5.91 Å². The third-order valence-electron chi connectivity index (χ3n) is 2.68. The van der Waals surface area contributed by atoms with Gasteiger partial charge in [-0.05, 0) is 23.8 Å². The molecular formula is C13H21NOS2. The second-order valence-corrected chi connectivity index (χ2v) is 6.09. The van der Waals surface area contributed by atoms with Crippen LogP contribution in [-0.4, -0.2) is 11.2 Å². The molecular weight excluding hydrogens is 250 g/mol. The van der Waals surface area contributed by atoms with Gasteiger partial charge in [0, 0.05) is 4.88 Å². The van der Waals surface area contributed by atoms with Crippen LogP contribution in [0.3, 0.4) is 0 Å². The van der Waals surface area contributed by atoms with Crippen LogP contribution < -0.4 is 5.32 Å². The molecule has 1 heterocycles. The van der Waals surface area contributed by atoms with E-state index < -0.39 is 0 Å². The van der Waals surface area contributed by atoms with Crippen molar-refractivity contribution in [2.45, 2.75) is 44.9 Å². The summed E-state index contributed by atoms with van der Waals surface area (Å²) in [7, 11) is 0. The maximum Gasteiger partial charge on any atom is 0.233 e. The van der Waals surface area contributed by atoms with Gasteiger partial charge in [-0.25, -0.2) is 0 Å². The van der Waals surface area contributed by atoms with Gasteiger partial charge in [-0.2, -0.15) is 12.6 Å². The molecule has 0 radical (unpaired) electrons. The Hall–Kier alpha value is -0.480. The van der Waals surface area contributed by atoms with Crippen molar-refractivity contribution in [3.05, 3.63) is 22.4 Å². The SMILES string of the molecule is CCCC(NC(=O)C(S)C(C)C)c1cccs1. The van der Waals surface area contributed by atoms with E-state index in [1.807, 2.05) is 25.3 Å². The van der Waals surface area contributed by atoms with Crippen LogP contribution in [0.15, 0.2) is 17.5 Å². The third-order valence-corrected chi connectivity index (χ3v) is 4.50. The van der Waals surface area contributed by atoms with Crippen molar-refractivity contribution in [2.24, 2.45) is 5.92 Å². The van der Waals surface area contributed by atoms with Crippen molar-refractivity contribution < 1.29 is 4.79 Å². The monoisotopic (exact) mass is 271 g/mol. The quantitative estimate of drug-likeness (QED) is 0.760. The molecule has 1 aromatic heterocycles. The number of hydrogen-bond acceptors (Lipinski definition) is 3. The van der Waals surface area contributed by atoms with Gasteiger partial charge in [0.1, 0.15) is 0 Å². The smallest absolute Gasteiger partial charge is 0.233 e. The van der Waals surface area contributed by atoms with E-state index >= 15 is 0 Å². The highest BCUT2D eigenvalue weighted by Crippen LogP contribution is 2.24. The fraction of sp³-hybridized carbons (Fsp3) is 0.615. The normalized spacial score (nSPS) is 14.6. The zero-order valence-corrected chi connectivity index (χ0v) is 12.4. The number of carbonyl (C=O) groups excluding carboxylic acids is 1. The van der Waals surface area contributed by atoms with Crippen LogP contribution in [0.2, 0.25) is 0 Å². The summed E-state index contributed by atoms with van der Waals surface area (Å²) in [6.07, 6.45) is 2.03. The van der Waals surface area contributed by atoms with Gasteiger partial charge < -0.3 is 5.32 Å². The van der Waals surface area contributed by atoms with Crippen LogP contribution in [0.25, 0.3) is 0 Å². The van der Waals surface area contributed by atoms with E-state index in [0.29, 0.717) is 0 Å². The summed E-state index contributed by atoms with van der Waals surface area (Å²) in [5.41, 5.74) is 0. The number of hydrogen-bond donors (Lipinski definition) is 2. The molecule has 0 aromatic carbocycles. The van der Waals surface area contributed by atoms with E-state index in [2.05, 4.69) is 30.9 Å². The van der Waals surface area contributed by atoms with E-state index in [0.717, 1.165) is 12.8 Å². The van der Waals surface area contributed by atoms with Crippen LogP contribution >= 0.6 is 24.0 Å². The minimum absolute atomic E-state index is 0.0372. The first-order chi connectivity index (χ1) is 8.06. The highest BCUT2D eigenvalue weighted by molar-refractivity contribution is 7.81. The molecule has 96 valence electrons. The minimum Gasteiger partial charge on any atom is -0.348 e. The second kappa shape index (κ2) is 7.07. The highest BCUT2D eigenvalue weighted by Gasteiger charge is 2.21. The molecule has 0 spiro atoms. The molecule has 0 fully saturated rings. The van der Waals surface area contributed by atoms with E-state index in [9.17, 15) is 4.79 Å². The predicted molar refractivity (Wildman–Crippen MR) is 77.7 cm³/mol. The summed E-state index contributed by atoms with van der Waals surface area (Å²) >= 11 is 6.04. The summed E-state index contributed by atoms with van der Waals surface area (Å²) < 4.78 is 0. The molecule has 0 aliphatic carbocycles. The topological polar surface area (TPSA) is 29.1 Å². The molecule has 2 unspecified atom stereocenters. The van der Waals surface area contributed by atoms with E-state index in [1.165, 1.54) is 4.88 Å². The van der Waals surface area contributed by atoms with Crippen LogP contribution in [0, 0.1) is 5.92 Å². The first-order valence-corrected chi connectivity index (χ1v) is 7.47. The molecule has 1 N–H and O–H groups in total. The molecule has 1 amide bonds. The largest absolute Gasteiger partial charge is 0.348 e. The molecule has 1 rings (SSSR count). The Kier molecular flexibility index (Phi) is 6.06. The van der Waals surface area contributed by atoms with Crippen LogP contribution in [-0.2, 0) is 4.79 Å². The van der Waals surface area contributed by atoms with Gasteiger partial charge >= 0.3 is 0 Å². The number of nitrogens with one attached hydrogen (secondary N) is 1. The van der Waals surface area contributed by atoms with E-state index in [4.69, 9.17) is 0 Å². The highest BCUT2D eigenvalue weighted by atomic mass is 32.1.